The van der Waals surface area contributed by atoms with Gasteiger partial charge in [0.2, 0.25) is 0 Å². The minimum atomic E-state index is 0.949. The molecule has 2 rings (SSSR count). The molecule has 0 unspecified atom stereocenters. The molecular formula is C16H31N3. The van der Waals surface area contributed by atoms with E-state index in [1.165, 1.54) is 32.4 Å². The second-order valence-corrected chi connectivity index (χ2v) is 4.58. The molecule has 2 heterocycles. The lowest BCUT2D eigenvalue weighted by molar-refractivity contribution is 0.277. The molecule has 0 aromatic carbocycles. The van der Waals surface area contributed by atoms with Gasteiger partial charge in [-0.25, -0.2) is 0 Å². The highest BCUT2D eigenvalue weighted by Crippen LogP contribution is 2.05. The fourth-order valence-electron chi connectivity index (χ4n) is 1.83. The molecule has 0 radical (unpaired) electrons. The number of pyridine rings is 1. The zero-order valence-corrected chi connectivity index (χ0v) is 13.4. The third-order valence-corrected chi connectivity index (χ3v) is 2.87. The molecule has 1 aromatic rings. The van der Waals surface area contributed by atoms with Crippen LogP contribution >= 0.6 is 0 Å². The summed E-state index contributed by atoms with van der Waals surface area (Å²) in [7, 11) is 2.19. The van der Waals surface area contributed by atoms with E-state index in [9.17, 15) is 0 Å². The third kappa shape index (κ3) is 9.48. The van der Waals surface area contributed by atoms with Crippen molar-refractivity contribution in [1.82, 2.24) is 9.88 Å². The van der Waals surface area contributed by atoms with Gasteiger partial charge in [0.05, 0.1) is 11.9 Å². The number of piperidine rings is 1. The van der Waals surface area contributed by atoms with Crippen molar-refractivity contribution in [2.24, 2.45) is 0 Å². The van der Waals surface area contributed by atoms with Gasteiger partial charge in [-0.1, -0.05) is 20.3 Å². The molecule has 19 heavy (non-hydrogen) atoms. The summed E-state index contributed by atoms with van der Waals surface area (Å²) in [4.78, 5) is 6.53. The van der Waals surface area contributed by atoms with Crippen LogP contribution in [0, 0.1) is 6.92 Å². The minimum Gasteiger partial charge on any atom is -0.384 e. The summed E-state index contributed by atoms with van der Waals surface area (Å²) in [6, 6.07) is 4.03. The van der Waals surface area contributed by atoms with Crippen LogP contribution in [0.3, 0.4) is 0 Å². The average molecular weight is 265 g/mol. The van der Waals surface area contributed by atoms with Crippen molar-refractivity contribution in [3.05, 3.63) is 24.0 Å². The molecule has 1 fully saturated rings. The third-order valence-electron chi connectivity index (χ3n) is 2.87. The lowest BCUT2D eigenvalue weighted by Gasteiger charge is -2.20. The van der Waals surface area contributed by atoms with Gasteiger partial charge in [-0.2, -0.15) is 0 Å². The number of nitrogens with zero attached hydrogens (tertiary/aromatic N) is 2. The Balaban J connectivity index is 0.000000316. The summed E-state index contributed by atoms with van der Waals surface area (Å²) < 4.78 is 0. The van der Waals surface area contributed by atoms with Crippen molar-refractivity contribution in [2.75, 3.05) is 32.0 Å². The second kappa shape index (κ2) is 12.0. The summed E-state index contributed by atoms with van der Waals surface area (Å²) >= 11 is 0. The van der Waals surface area contributed by atoms with Crippen LogP contribution < -0.4 is 5.32 Å². The lowest BCUT2D eigenvalue weighted by Crippen LogP contribution is -2.24. The van der Waals surface area contributed by atoms with E-state index in [1.54, 1.807) is 0 Å². The van der Waals surface area contributed by atoms with Crippen LogP contribution in [0.25, 0.3) is 0 Å². The molecule has 1 saturated heterocycles. The quantitative estimate of drug-likeness (QED) is 0.877. The number of anilines is 1. The molecule has 3 heteroatoms. The molecule has 1 aliphatic rings. The number of hydrogen-bond donors (Lipinski definition) is 1. The van der Waals surface area contributed by atoms with E-state index in [0.717, 1.165) is 17.9 Å². The highest BCUT2D eigenvalue weighted by molar-refractivity contribution is 5.40. The van der Waals surface area contributed by atoms with Crippen molar-refractivity contribution in [3.8, 4) is 0 Å². The molecule has 0 saturated carbocycles. The van der Waals surface area contributed by atoms with Crippen LogP contribution in [-0.4, -0.2) is 36.6 Å². The van der Waals surface area contributed by atoms with Crippen molar-refractivity contribution < 1.29 is 0 Å². The highest BCUT2D eigenvalue weighted by Gasteiger charge is 2.02. The van der Waals surface area contributed by atoms with E-state index < -0.39 is 0 Å². The predicted molar refractivity (Wildman–Crippen MR) is 85.8 cm³/mol. The first-order chi connectivity index (χ1) is 9.22. The van der Waals surface area contributed by atoms with E-state index in [1.807, 2.05) is 39.1 Å². The van der Waals surface area contributed by atoms with Gasteiger partial charge in [-0.05, 0) is 59.0 Å². The molecule has 3 nitrogen and oxygen atoms in total. The number of aromatic nitrogens is 1. The van der Waals surface area contributed by atoms with E-state index >= 15 is 0 Å². The van der Waals surface area contributed by atoms with Crippen molar-refractivity contribution in [1.29, 1.82) is 0 Å². The summed E-state index contributed by atoms with van der Waals surface area (Å²) in [5.74, 6) is 0. The summed E-state index contributed by atoms with van der Waals surface area (Å²) in [6.07, 6.45) is 6.12. The fraction of sp³-hybridized carbons (Fsp3) is 0.688. The molecule has 0 amide bonds. The minimum absolute atomic E-state index is 0.949. The number of hydrogen-bond acceptors (Lipinski definition) is 3. The summed E-state index contributed by atoms with van der Waals surface area (Å²) in [5.41, 5.74) is 2.15. The molecule has 0 aliphatic carbocycles. The van der Waals surface area contributed by atoms with E-state index in [0.29, 0.717) is 0 Å². The molecule has 0 spiro atoms. The van der Waals surface area contributed by atoms with Gasteiger partial charge in [-0.3, -0.25) is 4.98 Å². The van der Waals surface area contributed by atoms with Crippen molar-refractivity contribution in [2.45, 2.75) is 47.0 Å². The molecule has 0 bridgehead atoms. The van der Waals surface area contributed by atoms with Gasteiger partial charge >= 0.3 is 0 Å². The smallest absolute Gasteiger partial charge is 0.0526 e. The van der Waals surface area contributed by atoms with Crippen LogP contribution in [0.2, 0.25) is 0 Å². The van der Waals surface area contributed by atoms with Gasteiger partial charge in [0, 0.05) is 12.2 Å². The summed E-state index contributed by atoms with van der Waals surface area (Å²) in [5, 5.41) is 3.17. The van der Waals surface area contributed by atoms with Crippen LogP contribution in [0.4, 0.5) is 5.69 Å². The second-order valence-electron chi connectivity index (χ2n) is 4.58. The Hall–Kier alpha value is -1.09. The molecule has 1 aliphatic heterocycles. The molecule has 0 atom stereocenters. The van der Waals surface area contributed by atoms with Crippen molar-refractivity contribution >= 4 is 5.69 Å². The Labute approximate surface area is 119 Å². The van der Waals surface area contributed by atoms with E-state index in [-0.39, 0.29) is 0 Å². The van der Waals surface area contributed by atoms with Crippen LogP contribution in [-0.2, 0) is 0 Å². The van der Waals surface area contributed by atoms with Crippen molar-refractivity contribution in [3.63, 3.8) is 0 Å². The van der Waals surface area contributed by atoms with Gasteiger partial charge < -0.3 is 10.2 Å². The van der Waals surface area contributed by atoms with Gasteiger partial charge in [0.25, 0.3) is 0 Å². The maximum absolute atomic E-state index is 4.14. The number of aryl methyl sites for hydroxylation is 1. The maximum Gasteiger partial charge on any atom is 0.0526 e. The van der Waals surface area contributed by atoms with E-state index in [4.69, 9.17) is 0 Å². The lowest BCUT2D eigenvalue weighted by atomic mass is 10.1. The number of rotatable bonds is 2. The highest BCUT2D eigenvalue weighted by atomic mass is 15.1. The number of likely N-dealkylation sites (tertiary alicyclic amines) is 1. The Morgan fingerprint density at radius 1 is 1.16 bits per heavy atom. The van der Waals surface area contributed by atoms with Crippen LogP contribution in [0.15, 0.2) is 18.3 Å². The molecule has 110 valence electrons. The topological polar surface area (TPSA) is 28.2 Å². The molecule has 1 aromatic heterocycles. The Morgan fingerprint density at radius 3 is 2.16 bits per heavy atom. The predicted octanol–water partition coefficient (Wildman–Crippen LogP) is 3.95. The largest absolute Gasteiger partial charge is 0.384 e. The average Bonchev–Trinajstić information content (AvgIpc) is 2.45. The maximum atomic E-state index is 4.14. The standard InChI is InChI=1S/C8H12N2.C6H13N.C2H6/c1-3-9-8-5-4-7(2)10-6-8;1-7-5-3-2-4-6-7;1-2/h4-6,9H,3H2,1-2H3;2-6H2,1H3;1-2H3. The van der Waals surface area contributed by atoms with Crippen LogP contribution in [0.1, 0.15) is 45.7 Å². The van der Waals surface area contributed by atoms with Crippen LogP contribution in [0.5, 0.6) is 0 Å². The number of nitrogens with one attached hydrogen (secondary N) is 1. The van der Waals surface area contributed by atoms with Gasteiger partial charge in [0.1, 0.15) is 0 Å². The van der Waals surface area contributed by atoms with E-state index in [2.05, 4.69) is 29.2 Å². The fourth-order valence-corrected chi connectivity index (χ4v) is 1.83. The zero-order chi connectivity index (χ0) is 14.5. The first-order valence-electron chi connectivity index (χ1n) is 7.57. The monoisotopic (exact) mass is 265 g/mol. The molecule has 1 N–H and O–H groups in total. The Morgan fingerprint density at radius 2 is 1.79 bits per heavy atom. The SMILES string of the molecule is CC.CCNc1ccc(C)nc1.CN1CCCCC1. The summed E-state index contributed by atoms with van der Waals surface area (Å²) in [6.45, 7) is 11.6. The van der Waals surface area contributed by atoms with Gasteiger partial charge in [0.15, 0.2) is 0 Å². The normalized spacial score (nSPS) is 14.6. The first kappa shape index (κ1) is 17.9. The Kier molecular flexibility index (Phi) is 11.3. The molecular weight excluding hydrogens is 234 g/mol. The first-order valence-corrected chi connectivity index (χ1v) is 7.57. The van der Waals surface area contributed by atoms with Gasteiger partial charge in [-0.15, -0.1) is 0 Å². The Bertz CT molecular complexity index is 289. The zero-order valence-electron chi connectivity index (χ0n) is 13.4.